The van der Waals surface area contributed by atoms with Crippen molar-refractivity contribution in [2.45, 2.75) is 47.0 Å². The zero-order chi connectivity index (χ0) is 11.9. The minimum absolute atomic E-state index is 0.0838. The highest BCUT2D eigenvalue weighted by Crippen LogP contribution is 2.23. The molecule has 0 aliphatic heterocycles. The van der Waals surface area contributed by atoms with Crippen LogP contribution in [0.25, 0.3) is 0 Å². The fraction of sp³-hybridized carbons (Fsp3) is 1.00. The van der Waals surface area contributed by atoms with E-state index in [1.165, 1.54) is 6.42 Å². The summed E-state index contributed by atoms with van der Waals surface area (Å²) in [5, 5.41) is 9.42. The van der Waals surface area contributed by atoms with Crippen molar-refractivity contribution in [3.05, 3.63) is 0 Å². The molecule has 0 aromatic rings. The van der Waals surface area contributed by atoms with Crippen molar-refractivity contribution in [1.82, 2.24) is 4.90 Å². The van der Waals surface area contributed by atoms with E-state index in [-0.39, 0.29) is 5.41 Å². The number of hydrogen-bond acceptors (Lipinski definition) is 2. The normalized spacial score (nSPS) is 16.0. The Morgan fingerprint density at radius 3 is 2.33 bits per heavy atom. The van der Waals surface area contributed by atoms with Crippen molar-refractivity contribution in [2.24, 2.45) is 11.3 Å². The van der Waals surface area contributed by atoms with Gasteiger partial charge in [0.15, 0.2) is 0 Å². The van der Waals surface area contributed by atoms with Crippen molar-refractivity contribution < 1.29 is 5.11 Å². The summed E-state index contributed by atoms with van der Waals surface area (Å²) in [4.78, 5) is 2.35. The molecular formula is C13H29NO. The molecule has 92 valence electrons. The lowest BCUT2D eigenvalue weighted by Crippen LogP contribution is -2.36. The third-order valence-corrected chi connectivity index (χ3v) is 2.98. The van der Waals surface area contributed by atoms with Gasteiger partial charge in [-0.25, -0.2) is 0 Å². The van der Waals surface area contributed by atoms with Gasteiger partial charge in [-0.2, -0.15) is 0 Å². The van der Waals surface area contributed by atoms with Gasteiger partial charge in [0.1, 0.15) is 0 Å². The molecule has 1 unspecified atom stereocenters. The molecule has 0 radical (unpaired) electrons. The fourth-order valence-corrected chi connectivity index (χ4v) is 2.02. The fourth-order valence-electron chi connectivity index (χ4n) is 2.02. The molecule has 0 spiro atoms. The van der Waals surface area contributed by atoms with Crippen molar-refractivity contribution in [1.29, 1.82) is 0 Å². The molecule has 15 heavy (non-hydrogen) atoms. The molecule has 0 heterocycles. The molecular weight excluding hydrogens is 186 g/mol. The Morgan fingerprint density at radius 2 is 1.93 bits per heavy atom. The van der Waals surface area contributed by atoms with Crippen LogP contribution in [0.4, 0.5) is 0 Å². The second-order valence-electron chi connectivity index (χ2n) is 5.64. The van der Waals surface area contributed by atoms with Crippen molar-refractivity contribution in [2.75, 3.05) is 26.7 Å². The van der Waals surface area contributed by atoms with Gasteiger partial charge in [0.25, 0.3) is 0 Å². The molecule has 0 rings (SSSR count). The van der Waals surface area contributed by atoms with Crippen molar-refractivity contribution >= 4 is 0 Å². The van der Waals surface area contributed by atoms with E-state index in [0.717, 1.165) is 31.8 Å². The summed E-state index contributed by atoms with van der Waals surface area (Å²) in [6, 6.07) is 0. The molecule has 0 aliphatic rings. The van der Waals surface area contributed by atoms with Crippen molar-refractivity contribution in [3.8, 4) is 0 Å². The first kappa shape index (κ1) is 14.9. The Morgan fingerprint density at radius 1 is 1.33 bits per heavy atom. The number of aliphatic hydroxyl groups is 1. The predicted molar refractivity (Wildman–Crippen MR) is 67.1 cm³/mol. The molecule has 0 aromatic heterocycles. The molecule has 0 fully saturated rings. The Bertz CT molecular complexity index is 159. The minimum atomic E-state index is 0.0838. The lowest BCUT2D eigenvalue weighted by atomic mass is 9.86. The first-order valence-corrected chi connectivity index (χ1v) is 6.23. The first-order chi connectivity index (χ1) is 6.93. The monoisotopic (exact) mass is 215 g/mol. The highest BCUT2D eigenvalue weighted by Gasteiger charge is 2.23. The van der Waals surface area contributed by atoms with E-state index in [1.807, 2.05) is 0 Å². The zero-order valence-electron chi connectivity index (χ0n) is 11.2. The number of rotatable bonds is 8. The van der Waals surface area contributed by atoms with Crippen LogP contribution in [0, 0.1) is 11.3 Å². The minimum Gasteiger partial charge on any atom is -0.396 e. The second-order valence-corrected chi connectivity index (χ2v) is 5.64. The molecule has 0 bridgehead atoms. The van der Waals surface area contributed by atoms with Crippen LogP contribution in [0.3, 0.4) is 0 Å². The Labute approximate surface area is 95.7 Å². The molecule has 0 aliphatic carbocycles. The summed E-state index contributed by atoms with van der Waals surface area (Å²) in [5.74, 6) is 0.763. The maximum atomic E-state index is 9.42. The lowest BCUT2D eigenvalue weighted by Gasteiger charge is -2.32. The summed E-state index contributed by atoms with van der Waals surface area (Å²) in [6.07, 6.45) is 3.49. The summed E-state index contributed by atoms with van der Waals surface area (Å²) < 4.78 is 0. The summed E-state index contributed by atoms with van der Waals surface area (Å²) in [5.41, 5.74) is 0.0838. The van der Waals surface area contributed by atoms with Gasteiger partial charge in [0, 0.05) is 18.6 Å². The number of nitrogens with zero attached hydrogens (tertiary/aromatic N) is 1. The molecule has 0 amide bonds. The van der Waals surface area contributed by atoms with Gasteiger partial charge >= 0.3 is 0 Å². The highest BCUT2D eigenvalue weighted by atomic mass is 16.3. The molecule has 0 aromatic carbocycles. The van der Waals surface area contributed by atoms with Crippen LogP contribution in [0.15, 0.2) is 0 Å². The van der Waals surface area contributed by atoms with Gasteiger partial charge in [0.2, 0.25) is 0 Å². The molecule has 1 atom stereocenters. The number of hydrogen-bond donors (Lipinski definition) is 1. The van der Waals surface area contributed by atoms with E-state index < -0.39 is 0 Å². The maximum Gasteiger partial charge on any atom is 0.0497 e. The molecule has 1 N–H and O–H groups in total. The smallest absolute Gasteiger partial charge is 0.0497 e. The summed E-state index contributed by atoms with van der Waals surface area (Å²) >= 11 is 0. The van der Waals surface area contributed by atoms with Gasteiger partial charge in [-0.3, -0.25) is 0 Å². The summed E-state index contributed by atoms with van der Waals surface area (Å²) in [7, 11) is 2.16. The van der Waals surface area contributed by atoms with E-state index in [4.69, 9.17) is 0 Å². The average Bonchev–Trinajstić information content (AvgIpc) is 2.15. The molecule has 2 nitrogen and oxygen atoms in total. The van der Waals surface area contributed by atoms with Gasteiger partial charge in [0.05, 0.1) is 0 Å². The average molecular weight is 215 g/mol. The van der Waals surface area contributed by atoms with Gasteiger partial charge in [-0.05, 0) is 32.4 Å². The molecule has 0 saturated heterocycles. The SMILES string of the molecule is CCCC(C)(CO)CN(C)CCC(C)C. The Hall–Kier alpha value is -0.0800. The van der Waals surface area contributed by atoms with Crippen LogP contribution in [-0.2, 0) is 0 Å². The van der Waals surface area contributed by atoms with E-state index in [2.05, 4.69) is 39.6 Å². The van der Waals surface area contributed by atoms with E-state index >= 15 is 0 Å². The van der Waals surface area contributed by atoms with Crippen LogP contribution >= 0.6 is 0 Å². The first-order valence-electron chi connectivity index (χ1n) is 6.23. The maximum absolute atomic E-state index is 9.42. The van der Waals surface area contributed by atoms with Crippen LogP contribution in [0.1, 0.15) is 47.0 Å². The topological polar surface area (TPSA) is 23.5 Å². The van der Waals surface area contributed by atoms with E-state index in [0.29, 0.717) is 6.61 Å². The van der Waals surface area contributed by atoms with Gasteiger partial charge in [-0.1, -0.05) is 34.1 Å². The Kier molecular flexibility index (Phi) is 7.20. The summed E-state index contributed by atoms with van der Waals surface area (Å²) in [6.45, 7) is 11.3. The van der Waals surface area contributed by atoms with E-state index in [9.17, 15) is 5.11 Å². The van der Waals surface area contributed by atoms with Crippen LogP contribution in [0.5, 0.6) is 0 Å². The van der Waals surface area contributed by atoms with Gasteiger partial charge < -0.3 is 10.0 Å². The standard InChI is InChI=1S/C13H29NO/c1-6-8-13(4,11-15)10-14(5)9-7-12(2)3/h12,15H,6-11H2,1-5H3. The quantitative estimate of drug-likeness (QED) is 0.673. The zero-order valence-corrected chi connectivity index (χ0v) is 11.2. The van der Waals surface area contributed by atoms with Crippen LogP contribution in [0.2, 0.25) is 0 Å². The lowest BCUT2D eigenvalue weighted by molar-refractivity contribution is 0.0887. The highest BCUT2D eigenvalue weighted by molar-refractivity contribution is 4.76. The molecule has 0 saturated carbocycles. The van der Waals surface area contributed by atoms with E-state index in [1.54, 1.807) is 0 Å². The predicted octanol–water partition coefficient (Wildman–Crippen LogP) is 2.76. The Balaban J connectivity index is 3.94. The second kappa shape index (κ2) is 7.24. The largest absolute Gasteiger partial charge is 0.396 e. The third kappa shape index (κ3) is 6.91. The van der Waals surface area contributed by atoms with Crippen LogP contribution in [-0.4, -0.2) is 36.8 Å². The van der Waals surface area contributed by atoms with Gasteiger partial charge in [-0.15, -0.1) is 0 Å². The van der Waals surface area contributed by atoms with Crippen LogP contribution < -0.4 is 0 Å². The number of aliphatic hydroxyl groups excluding tert-OH is 1. The third-order valence-electron chi connectivity index (χ3n) is 2.98. The molecule has 2 heteroatoms. The van der Waals surface area contributed by atoms with Crippen molar-refractivity contribution in [3.63, 3.8) is 0 Å².